The Kier molecular flexibility index (Phi) is 4.10. The van der Waals surface area contributed by atoms with Crippen molar-refractivity contribution in [3.05, 3.63) is 53.9 Å². The van der Waals surface area contributed by atoms with Crippen molar-refractivity contribution in [3.8, 4) is 6.07 Å². The van der Waals surface area contributed by atoms with E-state index in [4.69, 9.17) is 9.55 Å². The molecular formula is C14H13N3O3S. The van der Waals surface area contributed by atoms with Crippen LogP contribution in [0.15, 0.2) is 52.6 Å². The number of rotatable bonds is 4. The van der Waals surface area contributed by atoms with Crippen LogP contribution in [0.4, 0.5) is 0 Å². The van der Waals surface area contributed by atoms with Crippen LogP contribution in [0.5, 0.6) is 0 Å². The normalized spacial score (nSPS) is 12.0. The molecule has 0 saturated carbocycles. The number of hydrogen-bond donors (Lipinski definition) is 0. The lowest BCUT2D eigenvalue weighted by molar-refractivity contribution is 0.338. The van der Waals surface area contributed by atoms with Crippen molar-refractivity contribution in [2.45, 2.75) is 11.8 Å². The molecule has 0 aliphatic carbocycles. The van der Waals surface area contributed by atoms with E-state index < -0.39 is 10.1 Å². The van der Waals surface area contributed by atoms with E-state index >= 15 is 0 Å². The smallest absolute Gasteiger partial charge is 0.348 e. The molecule has 1 aromatic carbocycles. The molecule has 0 bridgehead atoms. The molecule has 7 heteroatoms. The zero-order valence-corrected chi connectivity index (χ0v) is 12.3. The minimum absolute atomic E-state index is 0.0222. The van der Waals surface area contributed by atoms with Gasteiger partial charge < -0.3 is 4.57 Å². The topological polar surface area (TPSA) is 84.4 Å². The molecule has 0 fully saturated rings. The molecule has 0 atom stereocenters. The number of nitriles is 1. The highest BCUT2D eigenvalue weighted by molar-refractivity contribution is 7.86. The monoisotopic (exact) mass is 303 g/mol. The summed E-state index contributed by atoms with van der Waals surface area (Å²) in [6, 6.07) is 11.4. The molecule has 1 heterocycles. The van der Waals surface area contributed by atoms with Gasteiger partial charge in [-0.15, -0.1) is 0 Å². The van der Waals surface area contributed by atoms with Crippen LogP contribution in [-0.2, 0) is 21.4 Å². The van der Waals surface area contributed by atoms with E-state index in [-0.39, 0.29) is 4.90 Å². The van der Waals surface area contributed by atoms with Crippen molar-refractivity contribution in [3.63, 3.8) is 0 Å². The summed E-state index contributed by atoms with van der Waals surface area (Å²) in [5.41, 5.74) is 1.22. The minimum atomic E-state index is -3.96. The molecule has 21 heavy (non-hydrogen) atoms. The van der Waals surface area contributed by atoms with Crippen LogP contribution in [0.2, 0.25) is 0 Å². The highest BCUT2D eigenvalue weighted by atomic mass is 32.2. The second-order valence-electron chi connectivity index (χ2n) is 4.32. The van der Waals surface area contributed by atoms with E-state index in [1.807, 2.05) is 6.07 Å². The van der Waals surface area contributed by atoms with Gasteiger partial charge in [-0.2, -0.15) is 13.7 Å². The minimum Gasteiger partial charge on any atom is -0.348 e. The summed E-state index contributed by atoms with van der Waals surface area (Å²) in [5.74, 6) is 0. The molecule has 6 nitrogen and oxygen atoms in total. The Morgan fingerprint density at radius 3 is 2.57 bits per heavy atom. The maximum atomic E-state index is 11.9. The maximum absolute atomic E-state index is 11.9. The quantitative estimate of drug-likeness (QED) is 0.639. The second-order valence-corrected chi connectivity index (χ2v) is 5.85. The molecule has 0 radical (unpaired) electrons. The second kappa shape index (κ2) is 5.81. The zero-order chi connectivity index (χ0) is 15.5. The predicted octanol–water partition coefficient (Wildman–Crippen LogP) is 2.03. The number of nitrogens with zero attached hydrogens (tertiary/aromatic N) is 3. The number of hydrogen-bond acceptors (Lipinski definition) is 5. The van der Waals surface area contributed by atoms with Crippen LogP contribution in [0, 0.1) is 11.3 Å². The van der Waals surface area contributed by atoms with Gasteiger partial charge in [-0.1, -0.05) is 23.4 Å². The standard InChI is InChI=1S/C14H13N3O3S/c1-11(14-12(10-15)8-9-17(14)2)16-20-21(18,19)13-6-4-3-5-7-13/h3-9H,1-2H3/b16-11+. The molecule has 0 saturated heterocycles. The summed E-state index contributed by atoms with van der Waals surface area (Å²) in [5, 5.41) is 12.7. The van der Waals surface area contributed by atoms with Crippen LogP contribution in [0.1, 0.15) is 18.2 Å². The van der Waals surface area contributed by atoms with Crippen LogP contribution >= 0.6 is 0 Å². The first-order chi connectivity index (χ1) is 9.95. The number of aromatic nitrogens is 1. The first-order valence-electron chi connectivity index (χ1n) is 6.05. The third-order valence-corrected chi connectivity index (χ3v) is 3.96. The SMILES string of the molecule is C/C(=N\OS(=O)(=O)c1ccccc1)c1c(C#N)ccn1C. The van der Waals surface area contributed by atoms with Gasteiger partial charge in [0.15, 0.2) is 0 Å². The van der Waals surface area contributed by atoms with E-state index in [0.717, 1.165) is 0 Å². The maximum Gasteiger partial charge on any atom is 0.358 e. The Bertz CT molecular complexity index is 815. The Morgan fingerprint density at radius 2 is 1.95 bits per heavy atom. The Morgan fingerprint density at radius 1 is 1.29 bits per heavy atom. The fourth-order valence-electron chi connectivity index (χ4n) is 1.85. The average Bonchev–Trinajstić information content (AvgIpc) is 2.87. The molecule has 0 N–H and O–H groups in total. The lowest BCUT2D eigenvalue weighted by Crippen LogP contribution is -2.08. The van der Waals surface area contributed by atoms with Crippen LogP contribution in [0.25, 0.3) is 0 Å². The summed E-state index contributed by atoms with van der Waals surface area (Å²) in [7, 11) is -2.22. The molecule has 0 unspecified atom stereocenters. The van der Waals surface area contributed by atoms with E-state index in [1.54, 1.807) is 49.0 Å². The summed E-state index contributed by atoms with van der Waals surface area (Å²) in [6.07, 6.45) is 1.69. The molecule has 2 aromatic rings. The third-order valence-electron chi connectivity index (χ3n) is 2.84. The highest BCUT2D eigenvalue weighted by Crippen LogP contribution is 2.14. The molecule has 1 aromatic heterocycles. The molecule has 108 valence electrons. The van der Waals surface area contributed by atoms with Crippen LogP contribution in [-0.4, -0.2) is 18.7 Å². The summed E-state index contributed by atoms with van der Waals surface area (Å²) < 4.78 is 30.3. The van der Waals surface area contributed by atoms with Crippen molar-refractivity contribution < 1.29 is 12.7 Å². The van der Waals surface area contributed by atoms with Crippen molar-refractivity contribution in [2.75, 3.05) is 0 Å². The van der Waals surface area contributed by atoms with Crippen molar-refractivity contribution in [2.24, 2.45) is 12.2 Å². The fraction of sp³-hybridized carbons (Fsp3) is 0.143. The predicted molar refractivity (Wildman–Crippen MR) is 77.1 cm³/mol. The van der Waals surface area contributed by atoms with E-state index in [2.05, 4.69) is 5.16 Å². The van der Waals surface area contributed by atoms with Crippen molar-refractivity contribution in [1.82, 2.24) is 4.57 Å². The molecule has 0 aliphatic heterocycles. The van der Waals surface area contributed by atoms with E-state index in [9.17, 15) is 8.42 Å². The van der Waals surface area contributed by atoms with Gasteiger partial charge >= 0.3 is 10.1 Å². The van der Waals surface area contributed by atoms with Crippen molar-refractivity contribution >= 4 is 15.8 Å². The lowest BCUT2D eigenvalue weighted by Gasteiger charge is -2.05. The van der Waals surface area contributed by atoms with Gasteiger partial charge in [-0.3, -0.25) is 4.28 Å². The van der Waals surface area contributed by atoms with Gasteiger partial charge in [0.2, 0.25) is 0 Å². The number of aryl methyl sites for hydroxylation is 1. The zero-order valence-electron chi connectivity index (χ0n) is 11.5. The average molecular weight is 303 g/mol. The summed E-state index contributed by atoms with van der Waals surface area (Å²) >= 11 is 0. The van der Waals surface area contributed by atoms with Gasteiger partial charge in [0.05, 0.1) is 11.3 Å². The van der Waals surface area contributed by atoms with Gasteiger partial charge in [0, 0.05) is 13.2 Å². The van der Waals surface area contributed by atoms with E-state index in [1.165, 1.54) is 12.1 Å². The van der Waals surface area contributed by atoms with Crippen LogP contribution in [0.3, 0.4) is 0 Å². The first kappa shape index (κ1) is 14.8. The van der Waals surface area contributed by atoms with Gasteiger partial charge in [0.1, 0.15) is 16.7 Å². The summed E-state index contributed by atoms with van der Waals surface area (Å²) in [6.45, 7) is 1.58. The first-order valence-corrected chi connectivity index (χ1v) is 7.45. The molecule has 0 aliphatic rings. The lowest BCUT2D eigenvalue weighted by atomic mass is 10.2. The number of benzene rings is 1. The third kappa shape index (κ3) is 3.12. The van der Waals surface area contributed by atoms with Gasteiger partial charge in [-0.05, 0) is 25.1 Å². The summed E-state index contributed by atoms with van der Waals surface area (Å²) in [4.78, 5) is 0.0222. The van der Waals surface area contributed by atoms with Gasteiger partial charge in [0.25, 0.3) is 0 Å². The molecular weight excluding hydrogens is 290 g/mol. The fourth-order valence-corrected chi connectivity index (χ4v) is 2.63. The van der Waals surface area contributed by atoms with Gasteiger partial charge in [-0.25, -0.2) is 0 Å². The van der Waals surface area contributed by atoms with Crippen molar-refractivity contribution in [1.29, 1.82) is 5.26 Å². The highest BCUT2D eigenvalue weighted by Gasteiger charge is 2.16. The van der Waals surface area contributed by atoms with E-state index in [0.29, 0.717) is 17.0 Å². The molecule has 0 spiro atoms. The number of oxime groups is 1. The Hall–Kier alpha value is -2.59. The van der Waals surface area contributed by atoms with Crippen LogP contribution < -0.4 is 0 Å². The Balaban J connectivity index is 2.29. The molecule has 2 rings (SSSR count). The Labute approximate surface area is 123 Å². The largest absolute Gasteiger partial charge is 0.358 e. The molecule has 0 amide bonds.